The first kappa shape index (κ1) is 20.1. The van der Waals surface area contributed by atoms with Crippen LogP contribution in [0.1, 0.15) is 39.0 Å². The molecule has 0 saturated heterocycles. The van der Waals surface area contributed by atoms with Crippen molar-refractivity contribution in [3.63, 3.8) is 0 Å². The van der Waals surface area contributed by atoms with Crippen LogP contribution in [0.15, 0.2) is 79.0 Å². The van der Waals surface area contributed by atoms with E-state index in [1.54, 1.807) is 11.9 Å². The van der Waals surface area contributed by atoms with E-state index in [-0.39, 0.29) is 11.8 Å². The highest BCUT2D eigenvalue weighted by molar-refractivity contribution is 6.05. The van der Waals surface area contributed by atoms with E-state index in [0.717, 1.165) is 33.3 Å². The van der Waals surface area contributed by atoms with E-state index >= 15 is 0 Å². The van der Waals surface area contributed by atoms with Gasteiger partial charge in [0.15, 0.2) is 0 Å². The number of nitrogens with one attached hydrogen (secondary N) is 1. The molecule has 0 saturated carbocycles. The monoisotopic (exact) mass is 423 g/mol. The molecule has 1 aliphatic rings. The van der Waals surface area contributed by atoms with Crippen molar-refractivity contribution in [2.45, 2.75) is 18.9 Å². The number of aryl methyl sites for hydroxylation is 2. The number of anilines is 1. The molecule has 3 aromatic carbocycles. The number of hydrogen-bond acceptors (Lipinski definition) is 2. The van der Waals surface area contributed by atoms with Gasteiger partial charge in [0.05, 0.1) is 12.0 Å². The second kappa shape index (κ2) is 7.68. The third-order valence-corrected chi connectivity index (χ3v) is 6.51. The molecule has 5 heteroatoms. The van der Waals surface area contributed by atoms with Crippen molar-refractivity contribution in [2.24, 2.45) is 7.05 Å². The van der Waals surface area contributed by atoms with Crippen LogP contribution >= 0.6 is 0 Å². The molecule has 0 spiro atoms. The largest absolute Gasteiger partial charge is 0.350 e. The fraction of sp³-hybridized carbons (Fsp3) is 0.185. The van der Waals surface area contributed by atoms with Crippen LogP contribution in [0.4, 0.5) is 5.69 Å². The van der Waals surface area contributed by atoms with Gasteiger partial charge in [0.2, 0.25) is 5.91 Å². The summed E-state index contributed by atoms with van der Waals surface area (Å²) in [6.45, 7) is 1.97. The van der Waals surface area contributed by atoms with Crippen molar-refractivity contribution < 1.29 is 9.59 Å². The zero-order valence-corrected chi connectivity index (χ0v) is 18.4. The molecule has 0 aliphatic carbocycles. The molecule has 0 fully saturated rings. The molecule has 5 rings (SSSR count). The number of carbonyl (C=O) groups excluding carboxylic acids is 2. The van der Waals surface area contributed by atoms with E-state index in [1.807, 2.05) is 80.8 Å². The summed E-state index contributed by atoms with van der Waals surface area (Å²) in [6, 6.07) is 22.9. The standard InChI is InChI=1S/C27H25N3O2/c1-17-10-4-8-14-22(17)28-26(31)24-19-12-5-6-13-20(19)27(32)30(3)25(24)21-16-29(2)23-15-9-7-11-18(21)23/h4-16,24-25H,1-3H3,(H,28,31)/t24-,25-/m1/s1. The predicted molar refractivity (Wildman–Crippen MR) is 127 cm³/mol. The van der Waals surface area contributed by atoms with Crippen LogP contribution in [0.25, 0.3) is 10.9 Å². The number of hydrogen-bond donors (Lipinski definition) is 1. The predicted octanol–water partition coefficient (Wildman–Crippen LogP) is 5.04. The summed E-state index contributed by atoms with van der Waals surface area (Å²) in [5.74, 6) is -0.734. The molecule has 0 radical (unpaired) electrons. The van der Waals surface area contributed by atoms with Gasteiger partial charge in [0.1, 0.15) is 0 Å². The number of likely N-dealkylation sites (N-methyl/N-ethyl adjacent to an activating group) is 1. The van der Waals surface area contributed by atoms with Gasteiger partial charge in [0.25, 0.3) is 5.91 Å². The third kappa shape index (κ3) is 3.09. The maximum atomic E-state index is 13.8. The molecule has 0 unspecified atom stereocenters. The molecule has 2 atom stereocenters. The summed E-state index contributed by atoms with van der Waals surface area (Å²) >= 11 is 0. The number of aromatic nitrogens is 1. The molecule has 1 aromatic heterocycles. The van der Waals surface area contributed by atoms with Crippen LogP contribution < -0.4 is 5.32 Å². The van der Waals surface area contributed by atoms with Crippen LogP contribution in [0, 0.1) is 6.92 Å². The van der Waals surface area contributed by atoms with Gasteiger partial charge in [-0.1, -0.05) is 54.6 Å². The van der Waals surface area contributed by atoms with E-state index in [2.05, 4.69) is 22.0 Å². The average Bonchev–Trinajstić information content (AvgIpc) is 3.14. The smallest absolute Gasteiger partial charge is 0.254 e. The Hall–Kier alpha value is -3.86. The van der Waals surface area contributed by atoms with Crippen molar-refractivity contribution in [1.29, 1.82) is 0 Å². The Morgan fingerprint density at radius 1 is 0.875 bits per heavy atom. The Morgan fingerprint density at radius 2 is 1.56 bits per heavy atom. The molecule has 2 amide bonds. The lowest BCUT2D eigenvalue weighted by molar-refractivity contribution is -0.119. The lowest BCUT2D eigenvalue weighted by Crippen LogP contribution is -2.44. The van der Waals surface area contributed by atoms with Crippen LogP contribution in [0.3, 0.4) is 0 Å². The molecule has 4 aromatic rings. The molecule has 32 heavy (non-hydrogen) atoms. The zero-order valence-electron chi connectivity index (χ0n) is 18.4. The highest BCUT2D eigenvalue weighted by atomic mass is 16.2. The summed E-state index contributed by atoms with van der Waals surface area (Å²) in [5, 5.41) is 4.18. The zero-order chi connectivity index (χ0) is 22.4. The van der Waals surface area contributed by atoms with Crippen molar-refractivity contribution in [3.8, 4) is 0 Å². The number of carbonyl (C=O) groups is 2. The fourth-order valence-electron chi connectivity index (χ4n) is 4.88. The van der Waals surface area contributed by atoms with Gasteiger partial charge in [-0.2, -0.15) is 0 Å². The Morgan fingerprint density at radius 3 is 2.38 bits per heavy atom. The molecule has 160 valence electrons. The van der Waals surface area contributed by atoms with Gasteiger partial charge in [-0.3, -0.25) is 9.59 Å². The molecule has 0 bridgehead atoms. The number of fused-ring (bicyclic) bond motifs is 2. The van der Waals surface area contributed by atoms with Gasteiger partial charge in [-0.05, 0) is 36.2 Å². The third-order valence-electron chi connectivity index (χ3n) is 6.51. The van der Waals surface area contributed by atoms with Crippen molar-refractivity contribution in [3.05, 3.63) is 101 Å². The summed E-state index contributed by atoms with van der Waals surface area (Å²) in [7, 11) is 3.78. The molecule has 1 N–H and O–H groups in total. The summed E-state index contributed by atoms with van der Waals surface area (Å²) in [5.41, 5.74) is 5.16. The van der Waals surface area contributed by atoms with E-state index < -0.39 is 12.0 Å². The average molecular weight is 424 g/mol. The van der Waals surface area contributed by atoms with Gasteiger partial charge < -0.3 is 14.8 Å². The number of benzene rings is 3. The quantitative estimate of drug-likeness (QED) is 0.502. The van der Waals surface area contributed by atoms with Crippen LogP contribution in [0.2, 0.25) is 0 Å². The minimum atomic E-state index is -0.542. The molecule has 5 nitrogen and oxygen atoms in total. The Bertz CT molecular complexity index is 1350. The first-order valence-electron chi connectivity index (χ1n) is 10.7. The minimum Gasteiger partial charge on any atom is -0.350 e. The van der Waals surface area contributed by atoms with Crippen LogP contribution in [-0.4, -0.2) is 28.3 Å². The van der Waals surface area contributed by atoms with Gasteiger partial charge >= 0.3 is 0 Å². The molecular formula is C27H25N3O2. The van der Waals surface area contributed by atoms with Gasteiger partial charge in [-0.15, -0.1) is 0 Å². The highest BCUT2D eigenvalue weighted by Gasteiger charge is 2.43. The summed E-state index contributed by atoms with van der Waals surface area (Å²) in [6.07, 6.45) is 2.04. The maximum Gasteiger partial charge on any atom is 0.254 e. The summed E-state index contributed by atoms with van der Waals surface area (Å²) in [4.78, 5) is 28.8. The lowest BCUT2D eigenvalue weighted by Gasteiger charge is -2.39. The Balaban J connectivity index is 1.69. The maximum absolute atomic E-state index is 13.8. The second-order valence-corrected chi connectivity index (χ2v) is 8.44. The van der Waals surface area contributed by atoms with Crippen LogP contribution in [0.5, 0.6) is 0 Å². The van der Waals surface area contributed by atoms with Crippen molar-refractivity contribution in [1.82, 2.24) is 9.47 Å². The number of amides is 2. The first-order chi connectivity index (χ1) is 15.5. The molecule has 1 aliphatic heterocycles. The van der Waals surface area contributed by atoms with E-state index in [1.165, 1.54) is 0 Å². The van der Waals surface area contributed by atoms with Crippen LogP contribution in [-0.2, 0) is 11.8 Å². The van der Waals surface area contributed by atoms with Gasteiger partial charge in [0, 0.05) is 48.0 Å². The molecule has 2 heterocycles. The minimum absolute atomic E-state index is 0.0709. The number of rotatable bonds is 3. The fourth-order valence-corrected chi connectivity index (χ4v) is 4.88. The number of para-hydroxylation sites is 2. The lowest BCUT2D eigenvalue weighted by atomic mass is 9.79. The van der Waals surface area contributed by atoms with Crippen molar-refractivity contribution >= 4 is 28.4 Å². The summed E-state index contributed by atoms with van der Waals surface area (Å²) < 4.78 is 2.06. The van der Waals surface area contributed by atoms with E-state index in [0.29, 0.717) is 5.56 Å². The molecular weight excluding hydrogens is 398 g/mol. The highest BCUT2D eigenvalue weighted by Crippen LogP contribution is 2.44. The second-order valence-electron chi connectivity index (χ2n) is 8.44. The Kier molecular flexibility index (Phi) is 4.82. The van der Waals surface area contributed by atoms with Crippen molar-refractivity contribution in [2.75, 3.05) is 12.4 Å². The Labute approximate surface area is 187 Å². The SMILES string of the molecule is Cc1ccccc1NC(=O)[C@@H]1c2ccccc2C(=O)N(C)[C@@H]1c1cn(C)c2ccccc12. The topological polar surface area (TPSA) is 54.3 Å². The van der Waals surface area contributed by atoms with E-state index in [9.17, 15) is 9.59 Å². The first-order valence-corrected chi connectivity index (χ1v) is 10.7. The van der Waals surface area contributed by atoms with Gasteiger partial charge in [-0.25, -0.2) is 0 Å². The normalized spacial score (nSPS) is 18.0. The van der Waals surface area contributed by atoms with E-state index in [4.69, 9.17) is 0 Å². The number of nitrogens with zero attached hydrogens (tertiary/aromatic N) is 2.